The first kappa shape index (κ1) is 17.9. The van der Waals surface area contributed by atoms with Gasteiger partial charge in [0.05, 0.1) is 17.7 Å². The maximum Gasteiger partial charge on any atom is 0.142 e. The number of fused-ring (bicyclic) bond motifs is 2. The van der Waals surface area contributed by atoms with E-state index in [0.29, 0.717) is 0 Å². The summed E-state index contributed by atoms with van der Waals surface area (Å²) in [6.07, 6.45) is 0.185. The second kappa shape index (κ2) is 5.56. The highest BCUT2D eigenvalue weighted by atomic mass is 16.6. The SMILES string of the molecule is CC.COC1C2C(C)OC1(C(C)(C)OC)C(C)(C)N2C. The third kappa shape index (κ3) is 1.88. The third-order valence-corrected chi connectivity index (χ3v) is 5.46. The van der Waals surface area contributed by atoms with Crippen LogP contribution in [0.15, 0.2) is 0 Å². The number of nitrogens with zero attached hydrogens (tertiary/aromatic N) is 1. The van der Waals surface area contributed by atoms with Crippen LogP contribution < -0.4 is 0 Å². The topological polar surface area (TPSA) is 30.9 Å². The average Bonchev–Trinajstić information content (AvgIpc) is 2.81. The highest BCUT2D eigenvalue weighted by Gasteiger charge is 2.76. The zero-order valence-corrected chi connectivity index (χ0v) is 14.9. The van der Waals surface area contributed by atoms with Crippen LogP contribution in [-0.2, 0) is 14.2 Å². The Morgan fingerprint density at radius 2 is 1.65 bits per heavy atom. The number of morpholine rings is 1. The standard InChI is InChI=1S/C14H27NO3.C2H6/c1-9-10-11(16-7)14(18-9,13(4,5)17-8)12(2,3)15(10)6;1-2/h9-11H,1-8H3;1-2H3. The van der Waals surface area contributed by atoms with E-state index in [1.807, 2.05) is 13.8 Å². The molecular weight excluding hydrogens is 254 g/mol. The number of ether oxygens (including phenoxy) is 3. The fourth-order valence-electron chi connectivity index (χ4n) is 4.24. The van der Waals surface area contributed by atoms with Gasteiger partial charge in [0.2, 0.25) is 0 Å². The molecule has 4 nitrogen and oxygen atoms in total. The minimum atomic E-state index is -0.456. The van der Waals surface area contributed by atoms with E-state index in [9.17, 15) is 0 Å². The molecule has 4 unspecified atom stereocenters. The Labute approximate surface area is 124 Å². The lowest BCUT2D eigenvalue weighted by Gasteiger charge is -2.54. The lowest BCUT2D eigenvalue weighted by atomic mass is 9.71. The predicted octanol–water partition coefficient (Wildman–Crippen LogP) is 2.70. The van der Waals surface area contributed by atoms with Crippen LogP contribution in [0.5, 0.6) is 0 Å². The first-order valence-corrected chi connectivity index (χ1v) is 7.66. The summed E-state index contributed by atoms with van der Waals surface area (Å²) in [4.78, 5) is 2.39. The van der Waals surface area contributed by atoms with Crippen molar-refractivity contribution >= 4 is 0 Å². The summed E-state index contributed by atoms with van der Waals surface area (Å²) in [7, 11) is 5.68. The highest BCUT2D eigenvalue weighted by molar-refractivity contribution is 5.28. The fourth-order valence-corrected chi connectivity index (χ4v) is 4.24. The summed E-state index contributed by atoms with van der Waals surface area (Å²) in [6, 6.07) is 0.277. The van der Waals surface area contributed by atoms with E-state index in [2.05, 4.69) is 46.6 Å². The third-order valence-electron chi connectivity index (χ3n) is 5.46. The molecule has 0 aromatic rings. The van der Waals surface area contributed by atoms with Crippen LogP contribution in [0.3, 0.4) is 0 Å². The second-order valence-electron chi connectivity index (χ2n) is 6.59. The monoisotopic (exact) mass is 287 g/mol. The fraction of sp³-hybridized carbons (Fsp3) is 1.00. The largest absolute Gasteiger partial charge is 0.377 e. The predicted molar refractivity (Wildman–Crippen MR) is 82.1 cm³/mol. The van der Waals surface area contributed by atoms with Gasteiger partial charge in [-0.3, -0.25) is 4.90 Å². The molecule has 2 bridgehead atoms. The van der Waals surface area contributed by atoms with Crippen LogP contribution >= 0.6 is 0 Å². The zero-order valence-electron chi connectivity index (χ0n) is 14.9. The lowest BCUT2D eigenvalue weighted by molar-refractivity contribution is -0.250. The summed E-state index contributed by atoms with van der Waals surface area (Å²) in [6.45, 7) is 14.7. The molecule has 0 saturated carbocycles. The summed E-state index contributed by atoms with van der Waals surface area (Å²) >= 11 is 0. The molecule has 0 aromatic heterocycles. The van der Waals surface area contributed by atoms with Gasteiger partial charge in [-0.15, -0.1) is 0 Å². The molecule has 0 radical (unpaired) electrons. The molecule has 4 heteroatoms. The number of hydrogen-bond donors (Lipinski definition) is 0. The van der Waals surface area contributed by atoms with Gasteiger partial charge in [0, 0.05) is 19.8 Å². The number of hydrogen-bond acceptors (Lipinski definition) is 4. The summed E-state index contributed by atoms with van der Waals surface area (Å²) in [5.41, 5.74) is -1.00. The van der Waals surface area contributed by atoms with Gasteiger partial charge in [0.25, 0.3) is 0 Å². The first-order chi connectivity index (χ1) is 9.17. The molecule has 0 spiro atoms. The smallest absolute Gasteiger partial charge is 0.142 e. The van der Waals surface area contributed by atoms with Gasteiger partial charge in [-0.2, -0.15) is 0 Å². The molecule has 120 valence electrons. The molecule has 0 aliphatic carbocycles. The molecule has 4 atom stereocenters. The lowest BCUT2D eigenvalue weighted by Crippen LogP contribution is -2.70. The minimum Gasteiger partial charge on any atom is -0.377 e. The van der Waals surface area contributed by atoms with Gasteiger partial charge in [0.1, 0.15) is 11.7 Å². The van der Waals surface area contributed by atoms with Crippen LogP contribution in [0, 0.1) is 0 Å². The van der Waals surface area contributed by atoms with E-state index < -0.39 is 11.2 Å². The molecule has 0 aromatic carbocycles. The zero-order chi connectivity index (χ0) is 15.9. The summed E-state index contributed by atoms with van der Waals surface area (Å²) in [5.74, 6) is 0. The van der Waals surface area contributed by atoms with Gasteiger partial charge >= 0.3 is 0 Å². The van der Waals surface area contributed by atoms with Crippen molar-refractivity contribution in [3.05, 3.63) is 0 Å². The Balaban J connectivity index is 0.000000956. The quantitative estimate of drug-likeness (QED) is 0.798. The Morgan fingerprint density at radius 1 is 1.15 bits per heavy atom. The number of methoxy groups -OCH3 is 2. The second-order valence-corrected chi connectivity index (χ2v) is 6.59. The number of likely N-dealkylation sites (tertiary alicyclic amines) is 1. The van der Waals surface area contributed by atoms with Crippen molar-refractivity contribution in [1.82, 2.24) is 4.90 Å². The van der Waals surface area contributed by atoms with Gasteiger partial charge in [-0.05, 0) is 41.7 Å². The van der Waals surface area contributed by atoms with Crippen LogP contribution in [0.25, 0.3) is 0 Å². The van der Waals surface area contributed by atoms with Crippen molar-refractivity contribution in [3.8, 4) is 0 Å². The molecular formula is C16H33NO3. The molecule has 20 heavy (non-hydrogen) atoms. The van der Waals surface area contributed by atoms with Crippen molar-refractivity contribution in [2.24, 2.45) is 0 Å². The van der Waals surface area contributed by atoms with Gasteiger partial charge in [-0.1, -0.05) is 13.8 Å². The van der Waals surface area contributed by atoms with Gasteiger partial charge in [-0.25, -0.2) is 0 Å². The minimum absolute atomic E-state index is 0.0300. The molecule has 2 fully saturated rings. The van der Waals surface area contributed by atoms with Gasteiger partial charge in [0.15, 0.2) is 0 Å². The molecule has 0 N–H and O–H groups in total. The molecule has 2 aliphatic heterocycles. The van der Waals surface area contributed by atoms with E-state index >= 15 is 0 Å². The molecule has 2 saturated heterocycles. The molecule has 2 aliphatic rings. The Hall–Kier alpha value is -0.160. The number of rotatable bonds is 3. The van der Waals surface area contributed by atoms with Crippen molar-refractivity contribution < 1.29 is 14.2 Å². The normalized spacial score (nSPS) is 39.6. The first-order valence-electron chi connectivity index (χ1n) is 7.66. The van der Waals surface area contributed by atoms with Crippen LogP contribution in [-0.4, -0.2) is 61.2 Å². The molecule has 2 heterocycles. The Kier molecular flexibility index (Phi) is 4.97. The maximum atomic E-state index is 6.40. The van der Waals surface area contributed by atoms with Crippen molar-refractivity contribution in [2.75, 3.05) is 21.3 Å². The average molecular weight is 287 g/mol. The number of likely N-dealkylation sites (N-methyl/N-ethyl adjacent to an activating group) is 1. The van der Waals surface area contributed by atoms with Crippen LogP contribution in [0.1, 0.15) is 48.5 Å². The Bertz CT molecular complexity index is 343. The van der Waals surface area contributed by atoms with Crippen molar-refractivity contribution in [1.29, 1.82) is 0 Å². The summed E-state index contributed by atoms with van der Waals surface area (Å²) < 4.78 is 18.0. The summed E-state index contributed by atoms with van der Waals surface area (Å²) in [5, 5.41) is 0. The maximum absolute atomic E-state index is 6.40. The van der Waals surface area contributed by atoms with E-state index in [4.69, 9.17) is 14.2 Å². The Morgan fingerprint density at radius 3 is 2.05 bits per heavy atom. The van der Waals surface area contributed by atoms with Crippen molar-refractivity contribution in [3.63, 3.8) is 0 Å². The molecule has 2 rings (SSSR count). The highest BCUT2D eigenvalue weighted by Crippen LogP contribution is 2.57. The van der Waals surface area contributed by atoms with E-state index in [0.717, 1.165) is 0 Å². The van der Waals surface area contributed by atoms with E-state index in [-0.39, 0.29) is 23.8 Å². The van der Waals surface area contributed by atoms with Crippen LogP contribution in [0.4, 0.5) is 0 Å². The molecule has 0 amide bonds. The van der Waals surface area contributed by atoms with Crippen LogP contribution in [0.2, 0.25) is 0 Å². The van der Waals surface area contributed by atoms with E-state index in [1.165, 1.54) is 0 Å². The van der Waals surface area contributed by atoms with Gasteiger partial charge < -0.3 is 14.2 Å². The van der Waals surface area contributed by atoms with Crippen molar-refractivity contribution in [2.45, 2.75) is 83.5 Å². The van der Waals surface area contributed by atoms with E-state index in [1.54, 1.807) is 14.2 Å².